The van der Waals surface area contributed by atoms with Crippen molar-refractivity contribution >= 4 is 5.76 Å². The summed E-state index contributed by atoms with van der Waals surface area (Å²) in [6, 6.07) is 55.1. The summed E-state index contributed by atoms with van der Waals surface area (Å²) < 4.78 is 13.4. The molecule has 10 rings (SSSR count). The minimum atomic E-state index is -0.524. The molecule has 2 aliphatic heterocycles. The van der Waals surface area contributed by atoms with Crippen molar-refractivity contribution in [2.75, 3.05) is 0 Å². The third-order valence-electron chi connectivity index (χ3n) is 10.1. The van der Waals surface area contributed by atoms with Gasteiger partial charge in [-0.15, -0.1) is 0 Å². The van der Waals surface area contributed by atoms with Gasteiger partial charge < -0.3 is 9.47 Å². The molecule has 0 radical (unpaired) electrons. The van der Waals surface area contributed by atoms with Gasteiger partial charge >= 0.3 is 0 Å². The van der Waals surface area contributed by atoms with Crippen LogP contribution in [0.5, 0.6) is 11.5 Å². The molecule has 49 heavy (non-hydrogen) atoms. The summed E-state index contributed by atoms with van der Waals surface area (Å²) in [4.78, 5) is 10.1. The van der Waals surface area contributed by atoms with Crippen LogP contribution in [0.3, 0.4) is 0 Å². The molecule has 1 spiro atoms. The van der Waals surface area contributed by atoms with Crippen LogP contribution in [-0.2, 0) is 10.2 Å². The van der Waals surface area contributed by atoms with Gasteiger partial charge in [-0.25, -0.2) is 9.97 Å². The average molecular weight is 631 g/mol. The van der Waals surface area contributed by atoms with Gasteiger partial charge in [-0.05, 0) is 58.7 Å². The Bertz CT molecular complexity index is 2330. The molecule has 1 unspecified atom stereocenters. The Hall–Kier alpha value is -6.26. The van der Waals surface area contributed by atoms with Gasteiger partial charge in [0.1, 0.15) is 17.3 Å². The van der Waals surface area contributed by atoms with Crippen LogP contribution in [0.25, 0.3) is 39.4 Å². The molecule has 0 amide bonds. The highest BCUT2D eigenvalue weighted by Gasteiger charge is 2.51. The Labute approximate surface area is 285 Å². The average Bonchev–Trinajstić information content (AvgIpc) is 3.79. The number of nitrogens with zero attached hydrogens (tertiary/aromatic N) is 2. The standard InChI is InChI=1S/C45H30N2O2/c1-3-13-29(14-4-1)38-28-39(30-15-5-2-6-16-30)47-44(46-38)43-26-25-40(48-43)31-23-24-42-37(27-31)45(36-21-11-12-22-41(36)49-42)34-19-9-7-17-32(34)33-18-8-10-20-35(33)45/h1-25,27-28,43H,26H2. The summed E-state index contributed by atoms with van der Waals surface area (Å²) in [5, 5.41) is 0. The molecule has 0 N–H and O–H groups in total. The molecule has 4 nitrogen and oxygen atoms in total. The van der Waals surface area contributed by atoms with Crippen molar-refractivity contribution in [1.29, 1.82) is 0 Å². The Morgan fingerprint density at radius 2 is 1.04 bits per heavy atom. The van der Waals surface area contributed by atoms with Crippen LogP contribution in [0, 0.1) is 0 Å². The van der Waals surface area contributed by atoms with Crippen LogP contribution < -0.4 is 4.74 Å². The van der Waals surface area contributed by atoms with E-state index in [4.69, 9.17) is 19.4 Å². The van der Waals surface area contributed by atoms with Gasteiger partial charge in [-0.3, -0.25) is 0 Å². The minimum absolute atomic E-state index is 0.309. The Morgan fingerprint density at radius 1 is 0.490 bits per heavy atom. The van der Waals surface area contributed by atoms with Crippen molar-refractivity contribution in [3.63, 3.8) is 0 Å². The van der Waals surface area contributed by atoms with Crippen molar-refractivity contribution in [2.24, 2.45) is 0 Å². The highest BCUT2D eigenvalue weighted by atomic mass is 16.5. The fourth-order valence-electron chi connectivity index (χ4n) is 7.94. The van der Waals surface area contributed by atoms with Gasteiger partial charge in [0, 0.05) is 34.2 Å². The van der Waals surface area contributed by atoms with E-state index in [1.165, 1.54) is 22.3 Å². The lowest BCUT2D eigenvalue weighted by molar-refractivity contribution is 0.185. The van der Waals surface area contributed by atoms with Gasteiger partial charge in [0.25, 0.3) is 0 Å². The number of para-hydroxylation sites is 1. The largest absolute Gasteiger partial charge is 0.482 e. The highest BCUT2D eigenvalue weighted by molar-refractivity contribution is 5.89. The fourth-order valence-corrected chi connectivity index (χ4v) is 7.94. The minimum Gasteiger partial charge on any atom is -0.482 e. The van der Waals surface area contributed by atoms with E-state index < -0.39 is 5.41 Å². The maximum absolute atomic E-state index is 6.76. The molecule has 232 valence electrons. The van der Waals surface area contributed by atoms with Gasteiger partial charge in [0.05, 0.1) is 16.8 Å². The Balaban J connectivity index is 1.08. The fraction of sp³-hybridized carbons (Fsp3) is 0.0667. The second kappa shape index (κ2) is 10.9. The Kier molecular flexibility index (Phi) is 6.18. The number of hydrogen-bond acceptors (Lipinski definition) is 4. The molecule has 0 saturated carbocycles. The van der Waals surface area contributed by atoms with Crippen molar-refractivity contribution in [1.82, 2.24) is 9.97 Å². The topological polar surface area (TPSA) is 44.2 Å². The smallest absolute Gasteiger partial charge is 0.170 e. The molecule has 0 bridgehead atoms. The summed E-state index contributed by atoms with van der Waals surface area (Å²) in [6.07, 6.45) is 2.54. The summed E-state index contributed by atoms with van der Waals surface area (Å²) >= 11 is 0. The summed E-state index contributed by atoms with van der Waals surface area (Å²) in [7, 11) is 0. The quantitative estimate of drug-likeness (QED) is 0.194. The van der Waals surface area contributed by atoms with E-state index in [0.717, 1.165) is 56.5 Å². The van der Waals surface area contributed by atoms with Crippen LogP contribution in [0.4, 0.5) is 0 Å². The lowest BCUT2D eigenvalue weighted by Gasteiger charge is -2.39. The number of ether oxygens (including phenoxy) is 2. The number of rotatable bonds is 4. The highest BCUT2D eigenvalue weighted by Crippen LogP contribution is 2.62. The zero-order chi connectivity index (χ0) is 32.4. The number of fused-ring (bicyclic) bond motifs is 9. The van der Waals surface area contributed by atoms with Crippen molar-refractivity contribution < 1.29 is 9.47 Å². The molecule has 3 heterocycles. The molecule has 4 heteroatoms. The summed E-state index contributed by atoms with van der Waals surface area (Å²) in [5.41, 5.74) is 11.7. The lowest BCUT2D eigenvalue weighted by Crippen LogP contribution is -2.32. The van der Waals surface area contributed by atoms with Gasteiger partial charge in [0.15, 0.2) is 11.9 Å². The molecule has 1 atom stereocenters. The number of hydrogen-bond donors (Lipinski definition) is 0. The molecular formula is C45H30N2O2. The second-order valence-electron chi connectivity index (χ2n) is 12.8. The SMILES string of the molecule is C1=C(c2ccc3c(c2)C2(c4ccccc4O3)c3ccccc3-c3ccccc32)OC(c2nc(-c3ccccc3)cc(-c3ccccc3)n2)C1. The first kappa shape index (κ1) is 27.8. The first-order valence-electron chi connectivity index (χ1n) is 16.8. The van der Waals surface area contributed by atoms with E-state index in [9.17, 15) is 0 Å². The maximum atomic E-state index is 6.76. The molecule has 1 aromatic heterocycles. The normalized spacial score (nSPS) is 16.1. The number of aromatic nitrogens is 2. The monoisotopic (exact) mass is 630 g/mol. The maximum Gasteiger partial charge on any atom is 0.170 e. The zero-order valence-electron chi connectivity index (χ0n) is 26.6. The molecule has 3 aliphatic rings. The van der Waals surface area contributed by atoms with Crippen LogP contribution >= 0.6 is 0 Å². The first-order valence-corrected chi connectivity index (χ1v) is 16.8. The van der Waals surface area contributed by atoms with Gasteiger partial charge in [0.2, 0.25) is 0 Å². The van der Waals surface area contributed by atoms with Crippen LogP contribution in [0.2, 0.25) is 0 Å². The second-order valence-corrected chi connectivity index (χ2v) is 12.8. The van der Waals surface area contributed by atoms with Crippen LogP contribution in [0.1, 0.15) is 46.2 Å². The van der Waals surface area contributed by atoms with Gasteiger partial charge in [-0.1, -0.05) is 127 Å². The van der Waals surface area contributed by atoms with Crippen molar-refractivity contribution in [3.05, 3.63) is 197 Å². The predicted molar refractivity (Wildman–Crippen MR) is 193 cm³/mol. The van der Waals surface area contributed by atoms with E-state index in [2.05, 4.69) is 121 Å². The van der Waals surface area contributed by atoms with E-state index in [1.54, 1.807) is 0 Å². The van der Waals surface area contributed by atoms with Crippen LogP contribution in [-0.4, -0.2) is 9.97 Å². The van der Waals surface area contributed by atoms with E-state index in [0.29, 0.717) is 12.2 Å². The predicted octanol–water partition coefficient (Wildman–Crippen LogP) is 10.8. The molecule has 7 aromatic rings. The molecule has 1 aliphatic carbocycles. The molecular weight excluding hydrogens is 601 g/mol. The van der Waals surface area contributed by atoms with E-state index in [1.807, 2.05) is 42.5 Å². The molecule has 0 fully saturated rings. The van der Waals surface area contributed by atoms with Crippen LogP contribution in [0.15, 0.2) is 164 Å². The number of benzene rings is 6. The third kappa shape index (κ3) is 4.24. The lowest BCUT2D eigenvalue weighted by atomic mass is 9.66. The summed E-state index contributed by atoms with van der Waals surface area (Å²) in [5.74, 6) is 3.25. The zero-order valence-corrected chi connectivity index (χ0v) is 26.6. The summed E-state index contributed by atoms with van der Waals surface area (Å²) in [6.45, 7) is 0. The van der Waals surface area contributed by atoms with E-state index in [-0.39, 0.29) is 6.10 Å². The van der Waals surface area contributed by atoms with Crippen molar-refractivity contribution in [2.45, 2.75) is 17.9 Å². The van der Waals surface area contributed by atoms with E-state index >= 15 is 0 Å². The van der Waals surface area contributed by atoms with Crippen molar-refractivity contribution in [3.8, 4) is 45.1 Å². The third-order valence-corrected chi connectivity index (χ3v) is 10.1. The molecule has 0 saturated heterocycles. The Morgan fingerprint density at radius 3 is 1.69 bits per heavy atom. The first-order chi connectivity index (χ1) is 24.3. The van der Waals surface area contributed by atoms with Gasteiger partial charge in [-0.2, -0.15) is 0 Å². The molecule has 6 aromatic carbocycles.